The summed E-state index contributed by atoms with van der Waals surface area (Å²) in [6.45, 7) is 3.29. The molecule has 0 aromatic heterocycles. The standard InChI is InChI=1S/C25H30N2O2/c1-18-7-5-11-20(15-18)22-12-4-3-8-21(22)16-25(24(29)26-2)13-14-27(17-25)23(28)19-9-6-10-19/h3-5,7-8,11-12,15,19H,6,9-10,13-14,16-17H2,1-2H3,(H,26,29)/t25-/m1/s1. The largest absolute Gasteiger partial charge is 0.359 e. The van der Waals surface area contributed by atoms with Crippen molar-refractivity contribution in [3.05, 3.63) is 59.7 Å². The molecule has 1 saturated heterocycles. The Morgan fingerprint density at radius 1 is 1.14 bits per heavy atom. The highest BCUT2D eigenvalue weighted by molar-refractivity contribution is 5.86. The Labute approximate surface area is 173 Å². The Morgan fingerprint density at radius 2 is 1.93 bits per heavy atom. The van der Waals surface area contributed by atoms with E-state index in [0.717, 1.165) is 19.3 Å². The molecule has 2 aromatic rings. The molecule has 2 fully saturated rings. The third-order valence-electron chi connectivity index (χ3n) is 6.70. The molecule has 1 heterocycles. The molecular formula is C25H30N2O2. The second-order valence-electron chi connectivity index (χ2n) is 8.70. The summed E-state index contributed by atoms with van der Waals surface area (Å²) in [4.78, 5) is 27.8. The summed E-state index contributed by atoms with van der Waals surface area (Å²) in [6.07, 6.45) is 4.50. The van der Waals surface area contributed by atoms with Gasteiger partial charge in [0.15, 0.2) is 0 Å². The molecule has 1 saturated carbocycles. The van der Waals surface area contributed by atoms with Crippen LogP contribution in [0.2, 0.25) is 0 Å². The lowest BCUT2D eigenvalue weighted by Gasteiger charge is -2.32. The van der Waals surface area contributed by atoms with Gasteiger partial charge in [-0.2, -0.15) is 0 Å². The van der Waals surface area contributed by atoms with Crippen LogP contribution >= 0.6 is 0 Å². The van der Waals surface area contributed by atoms with Gasteiger partial charge in [-0.05, 0) is 49.3 Å². The topological polar surface area (TPSA) is 49.4 Å². The van der Waals surface area contributed by atoms with Gasteiger partial charge >= 0.3 is 0 Å². The van der Waals surface area contributed by atoms with Crippen LogP contribution < -0.4 is 5.32 Å². The fraction of sp³-hybridized carbons (Fsp3) is 0.440. The van der Waals surface area contributed by atoms with Crippen LogP contribution in [0.4, 0.5) is 0 Å². The molecule has 1 aliphatic heterocycles. The van der Waals surface area contributed by atoms with Crippen LogP contribution in [-0.4, -0.2) is 36.9 Å². The smallest absolute Gasteiger partial charge is 0.228 e. The third-order valence-corrected chi connectivity index (χ3v) is 6.70. The minimum Gasteiger partial charge on any atom is -0.359 e. The van der Waals surface area contributed by atoms with Crippen molar-refractivity contribution in [1.29, 1.82) is 0 Å². The summed E-state index contributed by atoms with van der Waals surface area (Å²) < 4.78 is 0. The van der Waals surface area contributed by atoms with Crippen molar-refractivity contribution in [2.24, 2.45) is 11.3 Å². The van der Waals surface area contributed by atoms with Gasteiger partial charge in [-0.1, -0.05) is 60.5 Å². The van der Waals surface area contributed by atoms with Crippen LogP contribution in [0.1, 0.15) is 36.8 Å². The van der Waals surface area contributed by atoms with Gasteiger partial charge in [0, 0.05) is 26.1 Å². The minimum atomic E-state index is -0.561. The zero-order chi connectivity index (χ0) is 20.4. The number of carbonyl (C=O) groups excluding carboxylic acids is 2. The van der Waals surface area contributed by atoms with E-state index in [4.69, 9.17) is 0 Å². The molecular weight excluding hydrogens is 360 g/mol. The summed E-state index contributed by atoms with van der Waals surface area (Å²) in [5.41, 5.74) is 4.17. The third kappa shape index (κ3) is 3.81. The van der Waals surface area contributed by atoms with Gasteiger partial charge in [0.2, 0.25) is 11.8 Å². The minimum absolute atomic E-state index is 0.0421. The van der Waals surface area contributed by atoms with Crippen molar-refractivity contribution in [3.63, 3.8) is 0 Å². The first kappa shape index (κ1) is 19.7. The second-order valence-corrected chi connectivity index (χ2v) is 8.70. The predicted molar refractivity (Wildman–Crippen MR) is 115 cm³/mol. The lowest BCUT2D eigenvalue weighted by molar-refractivity contribution is -0.138. The van der Waals surface area contributed by atoms with E-state index in [-0.39, 0.29) is 17.7 Å². The average molecular weight is 391 g/mol. The van der Waals surface area contributed by atoms with Crippen LogP contribution in [0.25, 0.3) is 11.1 Å². The molecule has 29 heavy (non-hydrogen) atoms. The Hall–Kier alpha value is -2.62. The van der Waals surface area contributed by atoms with E-state index in [1.165, 1.54) is 22.3 Å². The fourth-order valence-corrected chi connectivity index (χ4v) is 4.78. The van der Waals surface area contributed by atoms with Gasteiger partial charge in [0.05, 0.1) is 5.41 Å². The summed E-state index contributed by atoms with van der Waals surface area (Å²) in [7, 11) is 1.70. The molecule has 0 unspecified atom stereocenters. The van der Waals surface area contributed by atoms with E-state index >= 15 is 0 Å². The molecule has 4 rings (SSSR count). The molecule has 4 nitrogen and oxygen atoms in total. The SMILES string of the molecule is CNC(=O)[C@@]1(Cc2ccccc2-c2cccc(C)c2)CCN(C(=O)C2CCC2)C1. The molecule has 0 bridgehead atoms. The van der Waals surface area contributed by atoms with E-state index in [0.29, 0.717) is 25.9 Å². The van der Waals surface area contributed by atoms with Crippen molar-refractivity contribution in [1.82, 2.24) is 10.2 Å². The van der Waals surface area contributed by atoms with E-state index in [2.05, 4.69) is 54.7 Å². The van der Waals surface area contributed by atoms with Crippen LogP contribution in [0.15, 0.2) is 48.5 Å². The van der Waals surface area contributed by atoms with E-state index < -0.39 is 5.41 Å². The first-order valence-electron chi connectivity index (χ1n) is 10.7. The second kappa shape index (κ2) is 8.02. The monoisotopic (exact) mass is 390 g/mol. The van der Waals surface area contributed by atoms with Crippen molar-refractivity contribution < 1.29 is 9.59 Å². The number of likely N-dealkylation sites (tertiary alicyclic amines) is 1. The van der Waals surface area contributed by atoms with Crippen LogP contribution in [0.3, 0.4) is 0 Å². The van der Waals surface area contributed by atoms with Crippen molar-refractivity contribution >= 4 is 11.8 Å². The molecule has 1 atom stereocenters. The van der Waals surface area contributed by atoms with Gasteiger partial charge in [-0.25, -0.2) is 0 Å². The lowest BCUT2D eigenvalue weighted by Crippen LogP contribution is -2.45. The Kier molecular flexibility index (Phi) is 5.44. The van der Waals surface area contributed by atoms with Gasteiger partial charge in [-0.3, -0.25) is 9.59 Å². The number of carbonyl (C=O) groups is 2. The molecule has 4 heteroatoms. The molecule has 2 aromatic carbocycles. The van der Waals surface area contributed by atoms with Gasteiger partial charge < -0.3 is 10.2 Å². The number of nitrogens with one attached hydrogen (secondary N) is 1. The normalized spacial score (nSPS) is 21.7. The van der Waals surface area contributed by atoms with Crippen molar-refractivity contribution in [2.45, 2.75) is 39.0 Å². The van der Waals surface area contributed by atoms with Crippen molar-refractivity contribution in [2.75, 3.05) is 20.1 Å². The number of benzene rings is 2. The maximum atomic E-state index is 13.0. The molecule has 1 N–H and O–H groups in total. The number of hydrogen-bond donors (Lipinski definition) is 1. The van der Waals surface area contributed by atoms with Gasteiger partial charge in [-0.15, -0.1) is 0 Å². The predicted octanol–water partition coefficient (Wildman–Crippen LogP) is 3.97. The molecule has 2 amide bonds. The molecule has 0 spiro atoms. The number of rotatable bonds is 5. The first-order chi connectivity index (χ1) is 14.0. The fourth-order valence-electron chi connectivity index (χ4n) is 4.78. The first-order valence-corrected chi connectivity index (χ1v) is 10.7. The van der Waals surface area contributed by atoms with Gasteiger partial charge in [0.1, 0.15) is 0 Å². The summed E-state index contributed by atoms with van der Waals surface area (Å²) in [5, 5.41) is 2.88. The maximum Gasteiger partial charge on any atom is 0.228 e. The Balaban J connectivity index is 1.63. The summed E-state index contributed by atoms with van der Waals surface area (Å²) >= 11 is 0. The zero-order valence-electron chi connectivity index (χ0n) is 17.4. The molecule has 2 aliphatic rings. The highest BCUT2D eigenvalue weighted by Crippen LogP contribution is 2.39. The summed E-state index contributed by atoms with van der Waals surface area (Å²) in [5.74, 6) is 0.463. The highest BCUT2D eigenvalue weighted by atomic mass is 16.2. The van der Waals surface area contributed by atoms with Crippen molar-refractivity contribution in [3.8, 4) is 11.1 Å². The Bertz CT molecular complexity index is 919. The summed E-state index contributed by atoms with van der Waals surface area (Å²) in [6, 6.07) is 16.8. The maximum absolute atomic E-state index is 13.0. The lowest BCUT2D eigenvalue weighted by atomic mass is 9.78. The number of aryl methyl sites for hydroxylation is 1. The van der Waals surface area contributed by atoms with Gasteiger partial charge in [0.25, 0.3) is 0 Å². The van der Waals surface area contributed by atoms with E-state index in [1.807, 2.05) is 11.0 Å². The van der Waals surface area contributed by atoms with Crippen LogP contribution in [-0.2, 0) is 16.0 Å². The Morgan fingerprint density at radius 3 is 2.62 bits per heavy atom. The van der Waals surface area contributed by atoms with Crippen LogP contribution in [0, 0.1) is 18.3 Å². The molecule has 152 valence electrons. The number of amides is 2. The van der Waals surface area contributed by atoms with Crippen LogP contribution in [0.5, 0.6) is 0 Å². The molecule has 0 radical (unpaired) electrons. The number of nitrogens with zero attached hydrogens (tertiary/aromatic N) is 1. The quantitative estimate of drug-likeness (QED) is 0.840. The van der Waals surface area contributed by atoms with E-state index in [1.54, 1.807) is 7.05 Å². The zero-order valence-corrected chi connectivity index (χ0v) is 17.4. The average Bonchev–Trinajstić information content (AvgIpc) is 3.12. The number of hydrogen-bond acceptors (Lipinski definition) is 2. The molecule has 1 aliphatic carbocycles. The van der Waals surface area contributed by atoms with E-state index in [9.17, 15) is 9.59 Å². The highest BCUT2D eigenvalue weighted by Gasteiger charge is 2.47.